The number of sulfonamides is 1. The third-order valence-corrected chi connectivity index (χ3v) is 16.0. The summed E-state index contributed by atoms with van der Waals surface area (Å²) in [6.45, 7) is 15.8. The second-order valence-corrected chi connectivity index (χ2v) is 21.7. The first kappa shape index (κ1) is 42.7. The van der Waals surface area contributed by atoms with Crippen LogP contribution in [0.1, 0.15) is 76.1 Å². The number of nitro groups is 1. The molecule has 0 radical (unpaired) electrons. The Balaban J connectivity index is 0.874. The Hall–Kier alpha value is -3.95. The molecule has 6 aliphatic rings. The zero-order chi connectivity index (χ0) is 42.1. The highest BCUT2D eigenvalue weighted by molar-refractivity contribution is 7.99. The summed E-state index contributed by atoms with van der Waals surface area (Å²) in [5.41, 5.74) is 5.98. The first-order valence-corrected chi connectivity index (χ1v) is 24.0. The van der Waals surface area contributed by atoms with E-state index in [-0.39, 0.29) is 27.9 Å². The highest BCUT2D eigenvalue weighted by Gasteiger charge is 2.66. The molecule has 3 saturated carbocycles. The maximum atomic E-state index is 13.5. The SMILES string of the molecule is CC1(C)CCC(C23CC(C)(C2)C3)=C(CN2CCN(c3ccc(C(=O)NS(=O)(=O)c4ccc(N[C@H](CCN5CCOCC5)CSc5ccccc5)c([N+](=O)[O-])c4)cc3)CC2)C1. The lowest BCUT2D eigenvalue weighted by Crippen LogP contribution is -2.61. The lowest BCUT2D eigenvalue weighted by atomic mass is 9.33. The molecule has 3 aromatic rings. The molecule has 1 atom stereocenters. The van der Waals surface area contributed by atoms with E-state index in [0.29, 0.717) is 35.2 Å². The molecule has 60 heavy (non-hydrogen) atoms. The Morgan fingerprint density at radius 2 is 1.62 bits per heavy atom. The van der Waals surface area contributed by atoms with Crippen LogP contribution in [-0.4, -0.2) is 106 Å². The van der Waals surface area contributed by atoms with Crippen LogP contribution in [0.3, 0.4) is 0 Å². The smallest absolute Gasteiger partial charge is 0.293 e. The first-order valence-electron chi connectivity index (χ1n) is 21.6. The zero-order valence-electron chi connectivity index (χ0n) is 35.3. The average Bonchev–Trinajstić information content (AvgIpc) is 3.21. The van der Waals surface area contributed by atoms with Gasteiger partial charge in [0.25, 0.3) is 21.6 Å². The summed E-state index contributed by atoms with van der Waals surface area (Å²) in [6.07, 6.45) is 8.62. The number of nitrogens with one attached hydrogen (secondary N) is 2. The summed E-state index contributed by atoms with van der Waals surface area (Å²) in [6, 6.07) is 20.6. The van der Waals surface area contributed by atoms with Crippen LogP contribution in [0.5, 0.6) is 0 Å². The van der Waals surface area contributed by atoms with Gasteiger partial charge in [-0.3, -0.25) is 24.7 Å². The summed E-state index contributed by atoms with van der Waals surface area (Å²) in [4.78, 5) is 33.0. The lowest BCUT2D eigenvalue weighted by molar-refractivity contribution is -0.384. The zero-order valence-corrected chi connectivity index (χ0v) is 36.9. The number of nitro benzene ring substituents is 1. The van der Waals surface area contributed by atoms with Crippen LogP contribution in [-0.2, 0) is 14.8 Å². The van der Waals surface area contributed by atoms with Crippen molar-refractivity contribution in [3.8, 4) is 0 Å². The fourth-order valence-electron chi connectivity index (χ4n) is 10.6. The molecular weight excluding hydrogens is 797 g/mol. The molecule has 1 amide bonds. The normalized spacial score (nSPS) is 24.9. The molecule has 2 heterocycles. The molecule has 322 valence electrons. The van der Waals surface area contributed by atoms with Gasteiger partial charge >= 0.3 is 0 Å². The Morgan fingerprint density at radius 1 is 0.917 bits per heavy atom. The minimum atomic E-state index is -4.42. The van der Waals surface area contributed by atoms with Crippen LogP contribution in [0, 0.1) is 26.4 Å². The number of benzene rings is 3. The van der Waals surface area contributed by atoms with Gasteiger partial charge in [0.1, 0.15) is 5.69 Å². The van der Waals surface area contributed by atoms with Gasteiger partial charge < -0.3 is 15.0 Å². The number of thioether (sulfide) groups is 1. The number of morpholine rings is 1. The van der Waals surface area contributed by atoms with Crippen LogP contribution in [0.2, 0.25) is 0 Å². The molecule has 0 aromatic heterocycles. The lowest BCUT2D eigenvalue weighted by Gasteiger charge is -2.72. The Morgan fingerprint density at radius 3 is 2.28 bits per heavy atom. The number of ether oxygens (including phenoxy) is 1. The molecule has 5 fully saturated rings. The number of hydrogen-bond donors (Lipinski definition) is 2. The standard InChI is InChI=1S/C46H60N6O6S2/c1-44(2)17-15-40(46-31-45(3,32-46)33-46)35(28-44)29-50-19-21-51(22-20-50)37-11-9-34(10-12-37)43(53)48-60(56,57)39-13-14-41(42(27-39)52(54)55)47-36(16-18-49-23-25-58-26-24-49)30-59-38-7-5-4-6-8-38/h4-14,27,36,47H,15-26,28-33H2,1-3H3,(H,48,53)/t36-,45?,46?/m1/s1. The van der Waals surface area contributed by atoms with Crippen molar-refractivity contribution in [1.29, 1.82) is 0 Å². The van der Waals surface area contributed by atoms with E-state index in [9.17, 15) is 23.3 Å². The maximum absolute atomic E-state index is 13.5. The van der Waals surface area contributed by atoms with E-state index in [1.807, 2.05) is 42.5 Å². The van der Waals surface area contributed by atoms with E-state index in [0.717, 1.165) is 75.4 Å². The molecule has 2 saturated heterocycles. The number of carbonyl (C=O) groups excluding carboxylic acids is 1. The van der Waals surface area contributed by atoms with Crippen molar-refractivity contribution in [2.45, 2.75) is 81.5 Å². The van der Waals surface area contributed by atoms with Crippen LogP contribution >= 0.6 is 11.8 Å². The van der Waals surface area contributed by atoms with E-state index in [1.165, 1.54) is 50.7 Å². The molecule has 12 nitrogen and oxygen atoms in total. The second-order valence-electron chi connectivity index (χ2n) is 18.9. The fraction of sp³-hybridized carbons (Fsp3) is 0.543. The van der Waals surface area contributed by atoms with Crippen molar-refractivity contribution >= 4 is 44.8 Å². The van der Waals surface area contributed by atoms with Crippen molar-refractivity contribution < 1.29 is 22.9 Å². The number of rotatable bonds is 16. The van der Waals surface area contributed by atoms with Crippen molar-refractivity contribution in [3.63, 3.8) is 0 Å². The van der Waals surface area contributed by atoms with Crippen LogP contribution in [0.25, 0.3) is 0 Å². The quantitative estimate of drug-likeness (QED) is 0.0632. The summed E-state index contributed by atoms with van der Waals surface area (Å²) in [7, 11) is -4.42. The number of hydrogen-bond acceptors (Lipinski definition) is 11. The van der Waals surface area contributed by atoms with Gasteiger partial charge in [0.2, 0.25) is 0 Å². The molecular formula is C46H60N6O6S2. The molecule has 4 aliphatic carbocycles. The largest absolute Gasteiger partial charge is 0.379 e. The van der Waals surface area contributed by atoms with Gasteiger partial charge in [-0.2, -0.15) is 0 Å². The number of nitrogens with zero attached hydrogens (tertiary/aromatic N) is 4. The molecule has 2 aliphatic heterocycles. The Kier molecular flexibility index (Phi) is 12.4. The molecule has 2 N–H and O–H groups in total. The third-order valence-electron chi connectivity index (χ3n) is 13.5. The summed E-state index contributed by atoms with van der Waals surface area (Å²) in [5.74, 6) is -0.149. The highest BCUT2D eigenvalue weighted by atomic mass is 32.2. The summed E-state index contributed by atoms with van der Waals surface area (Å²) in [5, 5.41) is 15.7. The molecule has 3 aromatic carbocycles. The predicted molar refractivity (Wildman–Crippen MR) is 238 cm³/mol. The van der Waals surface area contributed by atoms with Gasteiger partial charge in [-0.05, 0) is 110 Å². The number of carbonyl (C=O) groups is 1. The van der Waals surface area contributed by atoms with E-state index in [4.69, 9.17) is 4.74 Å². The van der Waals surface area contributed by atoms with Crippen molar-refractivity contribution in [2.24, 2.45) is 16.2 Å². The Labute approximate surface area is 359 Å². The van der Waals surface area contributed by atoms with Crippen molar-refractivity contribution in [3.05, 3.63) is 99.6 Å². The van der Waals surface area contributed by atoms with E-state index in [1.54, 1.807) is 35.0 Å². The molecule has 2 bridgehead atoms. The number of piperazine rings is 1. The van der Waals surface area contributed by atoms with Gasteiger partial charge in [0.15, 0.2) is 0 Å². The molecule has 9 rings (SSSR count). The molecule has 14 heteroatoms. The molecule has 0 spiro atoms. The minimum Gasteiger partial charge on any atom is -0.379 e. The van der Waals surface area contributed by atoms with E-state index in [2.05, 4.69) is 45.5 Å². The Bertz CT molecular complexity index is 2160. The number of allylic oxidation sites excluding steroid dienone is 1. The van der Waals surface area contributed by atoms with Crippen LogP contribution < -0.4 is 14.9 Å². The van der Waals surface area contributed by atoms with Gasteiger partial charge in [0.05, 0.1) is 23.0 Å². The monoisotopic (exact) mass is 856 g/mol. The van der Waals surface area contributed by atoms with Crippen LogP contribution in [0.4, 0.5) is 17.1 Å². The van der Waals surface area contributed by atoms with Crippen molar-refractivity contribution in [2.75, 3.05) is 81.5 Å². The number of anilines is 2. The van der Waals surface area contributed by atoms with Gasteiger partial charge in [0, 0.05) is 86.4 Å². The van der Waals surface area contributed by atoms with Gasteiger partial charge in [-0.1, -0.05) is 50.1 Å². The maximum Gasteiger partial charge on any atom is 0.293 e. The summed E-state index contributed by atoms with van der Waals surface area (Å²) >= 11 is 1.65. The van der Waals surface area contributed by atoms with Crippen LogP contribution in [0.15, 0.2) is 93.7 Å². The van der Waals surface area contributed by atoms with Gasteiger partial charge in [-0.25, -0.2) is 13.1 Å². The predicted octanol–water partition coefficient (Wildman–Crippen LogP) is 7.83. The minimum absolute atomic E-state index is 0.142. The van der Waals surface area contributed by atoms with E-state index >= 15 is 0 Å². The highest BCUT2D eigenvalue weighted by Crippen LogP contribution is 2.77. The topological polar surface area (TPSA) is 137 Å². The first-order chi connectivity index (χ1) is 28.7. The van der Waals surface area contributed by atoms with E-state index < -0.39 is 20.9 Å². The summed E-state index contributed by atoms with van der Waals surface area (Å²) < 4.78 is 34.6. The second kappa shape index (κ2) is 17.4. The number of amides is 1. The van der Waals surface area contributed by atoms with Gasteiger partial charge in [-0.15, -0.1) is 11.8 Å². The third kappa shape index (κ3) is 9.73. The average molecular weight is 857 g/mol. The molecule has 0 unspecified atom stereocenters. The van der Waals surface area contributed by atoms with Crippen molar-refractivity contribution in [1.82, 2.24) is 14.5 Å². The fourth-order valence-corrected chi connectivity index (χ4v) is 12.6.